The van der Waals surface area contributed by atoms with Crippen molar-refractivity contribution >= 4 is 15.7 Å². The van der Waals surface area contributed by atoms with Crippen LogP contribution in [0.25, 0.3) is 11.1 Å². The Labute approximate surface area is 228 Å². The zero-order chi connectivity index (χ0) is 27.9. The molecular formula is C29H33FN2O6S. The second-order valence-corrected chi connectivity index (χ2v) is 11.8. The van der Waals surface area contributed by atoms with Gasteiger partial charge < -0.3 is 14.4 Å². The van der Waals surface area contributed by atoms with Crippen molar-refractivity contribution in [3.05, 3.63) is 84.2 Å². The van der Waals surface area contributed by atoms with E-state index in [4.69, 9.17) is 9.47 Å². The van der Waals surface area contributed by atoms with Crippen LogP contribution in [0, 0.1) is 5.82 Å². The molecule has 208 valence electrons. The molecule has 8 nitrogen and oxygen atoms in total. The molecule has 3 aromatic carbocycles. The third kappa shape index (κ3) is 6.47. The predicted molar refractivity (Wildman–Crippen MR) is 145 cm³/mol. The summed E-state index contributed by atoms with van der Waals surface area (Å²) < 4.78 is 50.0. The van der Waals surface area contributed by atoms with Crippen LogP contribution in [-0.2, 0) is 25.8 Å². The maximum atomic E-state index is 13.6. The zero-order valence-electron chi connectivity index (χ0n) is 21.8. The highest BCUT2D eigenvalue weighted by molar-refractivity contribution is 7.93. The number of piperidine rings is 1. The first kappa shape index (κ1) is 28.7. The molecule has 3 aromatic rings. The van der Waals surface area contributed by atoms with Crippen molar-refractivity contribution in [3.8, 4) is 16.9 Å². The summed E-state index contributed by atoms with van der Waals surface area (Å²) in [5, 5.41) is 9.36. The van der Waals surface area contributed by atoms with Crippen LogP contribution in [0.2, 0.25) is 0 Å². The fraction of sp³-hybridized carbons (Fsp3) is 0.345. The van der Waals surface area contributed by atoms with Gasteiger partial charge in [-0.15, -0.1) is 0 Å². The van der Waals surface area contributed by atoms with Crippen molar-refractivity contribution in [1.82, 2.24) is 10.4 Å². The summed E-state index contributed by atoms with van der Waals surface area (Å²) in [7, 11) is -2.51. The topological polar surface area (TPSA) is 105 Å². The van der Waals surface area contributed by atoms with Gasteiger partial charge in [0.1, 0.15) is 11.6 Å². The van der Waals surface area contributed by atoms with Gasteiger partial charge in [-0.25, -0.2) is 18.3 Å². The van der Waals surface area contributed by atoms with Gasteiger partial charge in [0.05, 0.1) is 18.1 Å². The Morgan fingerprint density at radius 3 is 2.31 bits per heavy atom. The highest BCUT2D eigenvalue weighted by Crippen LogP contribution is 2.36. The molecule has 0 radical (unpaired) electrons. The number of nitrogens with one attached hydrogen (secondary N) is 1. The Hall–Kier alpha value is -3.31. The van der Waals surface area contributed by atoms with E-state index >= 15 is 0 Å². The highest BCUT2D eigenvalue weighted by Gasteiger charge is 2.52. The number of rotatable bonds is 11. The van der Waals surface area contributed by atoms with Crippen LogP contribution in [-0.4, -0.2) is 69.1 Å². The number of benzene rings is 3. The SMILES string of the molecule is COCCN1CCC(C(=O)NO)(S(=O)(=O)c2ccc(OCCc3cccc(-c4cccc(F)c4)c3)cc2)CC1. The fourth-order valence-electron chi connectivity index (χ4n) is 4.88. The lowest BCUT2D eigenvalue weighted by Gasteiger charge is -2.39. The number of ether oxygens (including phenoxy) is 2. The quantitative estimate of drug-likeness (QED) is 0.273. The van der Waals surface area contributed by atoms with Gasteiger partial charge >= 0.3 is 0 Å². The molecule has 2 N–H and O–H groups in total. The van der Waals surface area contributed by atoms with E-state index in [1.807, 2.05) is 35.2 Å². The first-order valence-electron chi connectivity index (χ1n) is 12.8. The number of hydrogen-bond donors (Lipinski definition) is 2. The molecule has 0 aliphatic carbocycles. The lowest BCUT2D eigenvalue weighted by atomic mass is 9.95. The third-order valence-corrected chi connectivity index (χ3v) is 9.70. The van der Waals surface area contributed by atoms with E-state index in [2.05, 4.69) is 0 Å². The van der Waals surface area contributed by atoms with Crippen LogP contribution in [0.1, 0.15) is 18.4 Å². The van der Waals surface area contributed by atoms with Gasteiger partial charge in [-0.2, -0.15) is 0 Å². The average Bonchev–Trinajstić information content (AvgIpc) is 2.96. The average molecular weight is 557 g/mol. The number of nitrogens with zero attached hydrogens (tertiary/aromatic N) is 1. The molecule has 0 atom stereocenters. The lowest BCUT2D eigenvalue weighted by Crippen LogP contribution is -2.57. The van der Waals surface area contributed by atoms with Crippen molar-refractivity contribution in [1.29, 1.82) is 0 Å². The highest BCUT2D eigenvalue weighted by atomic mass is 32.2. The molecule has 4 rings (SSSR count). The summed E-state index contributed by atoms with van der Waals surface area (Å²) in [4.78, 5) is 14.7. The van der Waals surface area contributed by atoms with Gasteiger partial charge in [0, 0.05) is 33.2 Å². The molecule has 1 saturated heterocycles. The molecule has 1 fully saturated rings. The fourth-order valence-corrected chi connectivity index (χ4v) is 6.84. The minimum Gasteiger partial charge on any atom is -0.493 e. The largest absolute Gasteiger partial charge is 0.493 e. The van der Waals surface area contributed by atoms with E-state index in [1.54, 1.807) is 30.8 Å². The normalized spacial score (nSPS) is 15.6. The minimum atomic E-state index is -4.11. The van der Waals surface area contributed by atoms with E-state index < -0.39 is 20.5 Å². The molecule has 0 bridgehead atoms. The number of amides is 1. The number of hydroxylamine groups is 1. The molecule has 0 unspecified atom stereocenters. The van der Waals surface area contributed by atoms with E-state index in [0.29, 0.717) is 45.0 Å². The van der Waals surface area contributed by atoms with Crippen LogP contribution < -0.4 is 10.2 Å². The van der Waals surface area contributed by atoms with Crippen molar-refractivity contribution in [2.45, 2.75) is 28.9 Å². The summed E-state index contributed by atoms with van der Waals surface area (Å²) in [6.45, 7) is 2.27. The number of carbonyl (C=O) groups excluding carboxylic acids is 1. The summed E-state index contributed by atoms with van der Waals surface area (Å²) in [6, 6.07) is 20.2. The van der Waals surface area contributed by atoms with Crippen LogP contribution in [0.5, 0.6) is 5.75 Å². The van der Waals surface area contributed by atoms with Crippen LogP contribution in [0.15, 0.2) is 77.7 Å². The Morgan fingerprint density at radius 2 is 1.67 bits per heavy atom. The summed E-state index contributed by atoms with van der Waals surface area (Å²) in [5.74, 6) is -0.720. The van der Waals surface area contributed by atoms with E-state index in [9.17, 15) is 22.8 Å². The van der Waals surface area contributed by atoms with Gasteiger partial charge in [-0.3, -0.25) is 10.0 Å². The minimum absolute atomic E-state index is 0.00779. The van der Waals surface area contributed by atoms with Gasteiger partial charge in [0.15, 0.2) is 14.6 Å². The Kier molecular flexibility index (Phi) is 9.34. The second-order valence-electron chi connectivity index (χ2n) is 9.55. The van der Waals surface area contributed by atoms with Crippen molar-refractivity contribution in [2.75, 3.05) is 40.0 Å². The first-order valence-corrected chi connectivity index (χ1v) is 14.3. The summed E-state index contributed by atoms with van der Waals surface area (Å²) in [6.07, 6.45) is 0.708. The molecule has 10 heteroatoms. The zero-order valence-corrected chi connectivity index (χ0v) is 22.6. The standard InChI is InChI=1S/C29H33FN2O6S/c1-37-19-17-32-15-13-29(14-16-32,28(33)31-34)39(35,36)27-10-8-26(9-11-27)38-18-12-22-4-2-5-23(20-22)24-6-3-7-25(30)21-24/h2-11,20-21,34H,12-19H2,1H3,(H,31,33). The van der Waals surface area contributed by atoms with Crippen molar-refractivity contribution in [2.24, 2.45) is 0 Å². The predicted octanol–water partition coefficient (Wildman–Crippen LogP) is 3.87. The van der Waals surface area contributed by atoms with Crippen molar-refractivity contribution in [3.63, 3.8) is 0 Å². The maximum absolute atomic E-state index is 13.6. The molecule has 39 heavy (non-hydrogen) atoms. The van der Waals surface area contributed by atoms with Gasteiger partial charge in [-0.05, 0) is 65.9 Å². The number of sulfone groups is 1. The van der Waals surface area contributed by atoms with Crippen LogP contribution in [0.4, 0.5) is 4.39 Å². The monoisotopic (exact) mass is 556 g/mol. The molecule has 1 amide bonds. The Bertz CT molecular complexity index is 1370. The van der Waals surface area contributed by atoms with Crippen LogP contribution in [0.3, 0.4) is 0 Å². The van der Waals surface area contributed by atoms with Crippen molar-refractivity contribution < 1.29 is 32.3 Å². The molecule has 0 spiro atoms. The van der Waals surface area contributed by atoms with Gasteiger partial charge in [0.25, 0.3) is 5.91 Å². The molecule has 1 aliphatic rings. The molecular weight excluding hydrogens is 523 g/mol. The van der Waals surface area contributed by atoms with E-state index in [1.165, 1.54) is 24.3 Å². The smallest absolute Gasteiger partial charge is 0.265 e. The summed E-state index contributed by atoms with van der Waals surface area (Å²) >= 11 is 0. The number of likely N-dealkylation sites (tertiary alicyclic amines) is 1. The lowest BCUT2D eigenvalue weighted by molar-refractivity contribution is -0.133. The van der Waals surface area contributed by atoms with E-state index in [0.717, 1.165) is 16.7 Å². The number of methoxy groups -OCH3 is 1. The Morgan fingerprint density at radius 1 is 1.00 bits per heavy atom. The third-order valence-electron chi connectivity index (χ3n) is 7.18. The number of carbonyl (C=O) groups is 1. The molecule has 1 aliphatic heterocycles. The summed E-state index contributed by atoms with van der Waals surface area (Å²) in [5.41, 5.74) is 4.30. The molecule has 1 heterocycles. The molecule has 0 saturated carbocycles. The number of hydrogen-bond acceptors (Lipinski definition) is 7. The molecule has 0 aromatic heterocycles. The maximum Gasteiger partial charge on any atom is 0.265 e. The van der Waals surface area contributed by atoms with Gasteiger partial charge in [0.2, 0.25) is 0 Å². The van der Waals surface area contributed by atoms with Crippen LogP contribution >= 0.6 is 0 Å². The van der Waals surface area contributed by atoms with Gasteiger partial charge in [-0.1, -0.05) is 36.4 Å². The number of halogens is 1. The second kappa shape index (κ2) is 12.7. The Balaban J connectivity index is 1.41. The van der Waals surface area contributed by atoms with E-state index in [-0.39, 0.29) is 23.6 Å². The first-order chi connectivity index (χ1) is 18.8.